The molecule has 6 heteroatoms. The van der Waals surface area contributed by atoms with E-state index in [-0.39, 0.29) is 13.0 Å². The minimum Gasteiger partial charge on any atom is -0.497 e. The lowest BCUT2D eigenvalue weighted by Crippen LogP contribution is -2.28. The predicted molar refractivity (Wildman–Crippen MR) is 71.3 cm³/mol. The molecular weight excluding hydrogens is 285 g/mol. The Morgan fingerprint density at radius 2 is 2.10 bits per heavy atom. The minimum atomic E-state index is -4.16. The van der Waals surface area contributed by atoms with Crippen molar-refractivity contribution >= 4 is 0 Å². The second-order valence-corrected chi connectivity index (χ2v) is 5.18. The van der Waals surface area contributed by atoms with Gasteiger partial charge in [-0.2, -0.15) is 13.2 Å². The maximum Gasteiger partial charge on any atom is 0.389 e. The Labute approximate surface area is 121 Å². The molecule has 0 spiro atoms. The zero-order chi connectivity index (χ0) is 15.5. The Hall–Kier alpha value is -1.27. The highest BCUT2D eigenvalue weighted by molar-refractivity contribution is 5.39. The van der Waals surface area contributed by atoms with Gasteiger partial charge in [-0.3, -0.25) is 0 Å². The first-order valence-corrected chi connectivity index (χ1v) is 6.94. The number of aliphatic hydroxyl groups is 1. The van der Waals surface area contributed by atoms with E-state index in [1.54, 1.807) is 19.2 Å². The minimum absolute atomic E-state index is 0.00667. The number of hydrogen-bond acceptors (Lipinski definition) is 3. The lowest BCUT2D eigenvalue weighted by Gasteiger charge is -2.30. The van der Waals surface area contributed by atoms with E-state index in [1.807, 2.05) is 6.07 Å². The summed E-state index contributed by atoms with van der Waals surface area (Å²) in [5, 5.41) is 10.3. The molecule has 2 rings (SSSR count). The summed E-state index contributed by atoms with van der Waals surface area (Å²) >= 11 is 0. The highest BCUT2D eigenvalue weighted by Gasteiger charge is 2.30. The molecule has 1 N–H and O–H groups in total. The van der Waals surface area contributed by atoms with Crippen molar-refractivity contribution in [2.24, 2.45) is 0 Å². The summed E-state index contributed by atoms with van der Waals surface area (Å²) in [6.45, 7) is 0.00667. The lowest BCUT2D eigenvalue weighted by atomic mass is 9.87. The van der Waals surface area contributed by atoms with Crippen LogP contribution in [-0.2, 0) is 11.2 Å². The molecule has 3 nitrogen and oxygen atoms in total. The van der Waals surface area contributed by atoms with Crippen LogP contribution in [0.15, 0.2) is 18.2 Å². The van der Waals surface area contributed by atoms with Crippen molar-refractivity contribution in [1.82, 2.24) is 0 Å². The average Bonchev–Trinajstić information content (AvgIpc) is 2.44. The van der Waals surface area contributed by atoms with Crippen molar-refractivity contribution in [3.63, 3.8) is 0 Å². The van der Waals surface area contributed by atoms with Gasteiger partial charge in [0.2, 0.25) is 0 Å². The first-order chi connectivity index (χ1) is 9.90. The summed E-state index contributed by atoms with van der Waals surface area (Å²) in [6.07, 6.45) is -5.03. The number of alkyl halides is 3. The van der Waals surface area contributed by atoms with E-state index in [0.717, 1.165) is 16.9 Å². The zero-order valence-corrected chi connectivity index (χ0v) is 11.8. The Bertz CT molecular complexity index is 474. The smallest absolute Gasteiger partial charge is 0.389 e. The van der Waals surface area contributed by atoms with Crippen LogP contribution >= 0.6 is 0 Å². The van der Waals surface area contributed by atoms with E-state index in [2.05, 4.69) is 0 Å². The summed E-state index contributed by atoms with van der Waals surface area (Å²) in [5.74, 6) is 0.727. The lowest BCUT2D eigenvalue weighted by molar-refractivity contribution is -0.140. The van der Waals surface area contributed by atoms with Crippen molar-refractivity contribution in [3.05, 3.63) is 29.3 Å². The molecule has 0 aromatic heterocycles. The number of hydrogen-bond donors (Lipinski definition) is 1. The molecule has 0 amide bonds. The highest BCUT2D eigenvalue weighted by Crippen LogP contribution is 2.34. The number of fused-ring (bicyclic) bond motifs is 1. The van der Waals surface area contributed by atoms with E-state index in [4.69, 9.17) is 9.47 Å². The zero-order valence-electron chi connectivity index (χ0n) is 11.8. The molecule has 1 aliphatic rings. The number of halogens is 3. The van der Waals surface area contributed by atoms with Gasteiger partial charge in [-0.1, -0.05) is 6.07 Å². The molecule has 0 bridgehead atoms. The third kappa shape index (κ3) is 4.35. The second-order valence-electron chi connectivity index (χ2n) is 5.18. The van der Waals surface area contributed by atoms with E-state index >= 15 is 0 Å². The number of aryl methyl sites for hydroxylation is 1. The van der Waals surface area contributed by atoms with Crippen LogP contribution in [0.3, 0.4) is 0 Å². The normalized spacial score (nSPS) is 22.0. The van der Waals surface area contributed by atoms with Crippen molar-refractivity contribution in [2.75, 3.05) is 13.7 Å². The maximum atomic E-state index is 12.0. The molecule has 0 radical (unpaired) electrons. The topological polar surface area (TPSA) is 38.7 Å². The molecule has 1 aromatic rings. The number of rotatable bonds is 5. The Balaban J connectivity index is 1.90. The summed E-state index contributed by atoms with van der Waals surface area (Å²) in [5.41, 5.74) is 1.76. The molecule has 2 atom stereocenters. The largest absolute Gasteiger partial charge is 0.497 e. The summed E-state index contributed by atoms with van der Waals surface area (Å²) in [6, 6.07) is 5.41. The van der Waals surface area contributed by atoms with E-state index in [1.165, 1.54) is 0 Å². The number of ether oxygens (including phenoxy) is 2. The van der Waals surface area contributed by atoms with E-state index < -0.39 is 24.8 Å². The third-order valence-electron chi connectivity index (χ3n) is 3.66. The van der Waals surface area contributed by atoms with Gasteiger partial charge in [-0.05, 0) is 42.5 Å². The van der Waals surface area contributed by atoms with Gasteiger partial charge in [0, 0.05) is 13.0 Å². The average molecular weight is 304 g/mol. The highest BCUT2D eigenvalue weighted by atomic mass is 19.4. The summed E-state index contributed by atoms with van der Waals surface area (Å²) in [7, 11) is 1.58. The molecule has 0 saturated carbocycles. The first-order valence-electron chi connectivity index (χ1n) is 6.94. The van der Waals surface area contributed by atoms with Crippen LogP contribution in [0, 0.1) is 0 Å². The molecule has 1 aliphatic carbocycles. The van der Waals surface area contributed by atoms with Crippen LogP contribution < -0.4 is 4.74 Å². The molecule has 1 aromatic carbocycles. The van der Waals surface area contributed by atoms with Crippen LogP contribution in [0.2, 0.25) is 0 Å². The first kappa shape index (κ1) is 16.1. The van der Waals surface area contributed by atoms with E-state index in [9.17, 15) is 18.3 Å². The van der Waals surface area contributed by atoms with Gasteiger partial charge < -0.3 is 14.6 Å². The summed E-state index contributed by atoms with van der Waals surface area (Å²) in [4.78, 5) is 0. The van der Waals surface area contributed by atoms with Crippen molar-refractivity contribution in [3.8, 4) is 5.75 Å². The monoisotopic (exact) mass is 304 g/mol. The second kappa shape index (κ2) is 6.66. The van der Waals surface area contributed by atoms with Gasteiger partial charge >= 0.3 is 6.18 Å². The Morgan fingerprint density at radius 1 is 1.33 bits per heavy atom. The molecule has 0 fully saturated rings. The van der Waals surface area contributed by atoms with Crippen molar-refractivity contribution in [2.45, 2.75) is 44.1 Å². The fourth-order valence-electron chi connectivity index (χ4n) is 2.55. The number of benzene rings is 1. The third-order valence-corrected chi connectivity index (χ3v) is 3.66. The van der Waals surface area contributed by atoms with Crippen LogP contribution in [0.1, 0.15) is 36.5 Å². The Kier molecular flexibility index (Phi) is 5.11. The standard InChI is InChI=1S/C15H19F3O3/c1-20-11-4-5-12-10(9-11)3-6-13(14(12)19)21-8-2-7-15(16,17)18/h4-5,9,13-14,19H,2-3,6-8H2,1H3. The maximum absolute atomic E-state index is 12.0. The quantitative estimate of drug-likeness (QED) is 0.847. The van der Waals surface area contributed by atoms with Crippen LogP contribution in [0.25, 0.3) is 0 Å². The Morgan fingerprint density at radius 3 is 2.76 bits per heavy atom. The predicted octanol–water partition coefficient (Wildman–Crippen LogP) is 3.40. The molecule has 2 unspecified atom stereocenters. The van der Waals surface area contributed by atoms with Crippen LogP contribution in [0.4, 0.5) is 13.2 Å². The van der Waals surface area contributed by atoms with Gasteiger partial charge in [0.1, 0.15) is 11.9 Å². The van der Waals surface area contributed by atoms with Gasteiger partial charge in [0.25, 0.3) is 0 Å². The van der Waals surface area contributed by atoms with Gasteiger partial charge in [-0.25, -0.2) is 0 Å². The SMILES string of the molecule is COc1ccc2c(c1)CCC(OCCCC(F)(F)F)C2O. The van der Waals surface area contributed by atoms with Crippen molar-refractivity contribution < 1.29 is 27.8 Å². The van der Waals surface area contributed by atoms with Gasteiger partial charge in [-0.15, -0.1) is 0 Å². The van der Waals surface area contributed by atoms with Gasteiger partial charge in [0.15, 0.2) is 0 Å². The molecule has 0 saturated heterocycles. The van der Waals surface area contributed by atoms with Crippen LogP contribution in [0.5, 0.6) is 5.75 Å². The fraction of sp³-hybridized carbons (Fsp3) is 0.600. The number of aliphatic hydroxyl groups excluding tert-OH is 1. The van der Waals surface area contributed by atoms with Crippen LogP contribution in [-0.4, -0.2) is 31.1 Å². The van der Waals surface area contributed by atoms with E-state index in [0.29, 0.717) is 12.8 Å². The molecule has 0 heterocycles. The summed E-state index contributed by atoms with van der Waals surface area (Å²) < 4.78 is 46.7. The van der Waals surface area contributed by atoms with Gasteiger partial charge in [0.05, 0.1) is 13.2 Å². The fourth-order valence-corrected chi connectivity index (χ4v) is 2.55. The molecule has 21 heavy (non-hydrogen) atoms. The number of methoxy groups -OCH3 is 1. The van der Waals surface area contributed by atoms with Crippen molar-refractivity contribution in [1.29, 1.82) is 0 Å². The molecular formula is C15H19F3O3. The molecule has 0 aliphatic heterocycles. The molecule has 118 valence electrons.